The number of carbonyl (C=O) groups is 1. The number of hydrogen-bond donors (Lipinski definition) is 3. The third-order valence-corrected chi connectivity index (χ3v) is 7.20. The zero-order valence-corrected chi connectivity index (χ0v) is 18.6. The van der Waals surface area contributed by atoms with Crippen LogP contribution < -0.4 is 19.9 Å². The number of anilines is 1. The summed E-state index contributed by atoms with van der Waals surface area (Å²) in [6.45, 7) is 0.119. The lowest BCUT2D eigenvalue weighted by molar-refractivity contribution is 0.0946. The van der Waals surface area contributed by atoms with Crippen molar-refractivity contribution in [3.63, 3.8) is 0 Å². The highest BCUT2D eigenvalue weighted by Crippen LogP contribution is 2.22. The lowest BCUT2D eigenvalue weighted by Crippen LogP contribution is -2.23. The molecule has 0 unspecified atom stereocenters. The van der Waals surface area contributed by atoms with Crippen LogP contribution in [0.2, 0.25) is 0 Å². The maximum atomic E-state index is 12.5. The van der Waals surface area contributed by atoms with Crippen LogP contribution in [0.25, 0.3) is 0 Å². The Labute approximate surface area is 183 Å². The van der Waals surface area contributed by atoms with Gasteiger partial charge in [0.25, 0.3) is 15.9 Å². The molecule has 164 valence electrons. The molecule has 0 fully saturated rings. The van der Waals surface area contributed by atoms with Gasteiger partial charge in [0.2, 0.25) is 10.0 Å². The van der Waals surface area contributed by atoms with Crippen molar-refractivity contribution in [1.82, 2.24) is 10.3 Å². The van der Waals surface area contributed by atoms with E-state index in [0.717, 1.165) is 11.3 Å². The fraction of sp³-hybridized carbons (Fsp3) is 0.111. The number of hydrogen-bond acceptors (Lipinski definition) is 8. The van der Waals surface area contributed by atoms with Crippen molar-refractivity contribution in [2.75, 3.05) is 11.8 Å². The first-order valence-electron chi connectivity index (χ1n) is 8.61. The van der Waals surface area contributed by atoms with E-state index < -0.39 is 26.0 Å². The summed E-state index contributed by atoms with van der Waals surface area (Å²) in [5.41, 5.74) is 0.690. The fourth-order valence-electron chi connectivity index (χ4n) is 2.42. The Morgan fingerprint density at radius 2 is 1.65 bits per heavy atom. The molecule has 0 saturated heterocycles. The number of benzene rings is 2. The standard InChI is InChI=1S/C18H18N4O6S3/c1-28-13-4-8-15(9-5-13)31(26,27)22-18-21-16(11-29-18)17(23)20-10-12-2-6-14(7-3-12)30(19,24)25/h2-9,11H,10H2,1H3,(H,20,23)(H,21,22)(H2,19,24,25). The minimum absolute atomic E-state index is 0.0254. The van der Waals surface area contributed by atoms with Crippen LogP contribution in [0.4, 0.5) is 5.13 Å². The molecule has 0 aliphatic rings. The number of thiazole rings is 1. The molecule has 10 nitrogen and oxygen atoms in total. The second-order valence-electron chi connectivity index (χ2n) is 6.19. The van der Waals surface area contributed by atoms with E-state index in [-0.39, 0.29) is 27.2 Å². The molecular weight excluding hydrogens is 464 g/mol. The Kier molecular flexibility index (Phi) is 6.59. The molecule has 1 amide bonds. The van der Waals surface area contributed by atoms with Crippen molar-refractivity contribution >= 4 is 42.4 Å². The van der Waals surface area contributed by atoms with Gasteiger partial charge in [-0.3, -0.25) is 9.52 Å². The van der Waals surface area contributed by atoms with E-state index >= 15 is 0 Å². The molecule has 31 heavy (non-hydrogen) atoms. The van der Waals surface area contributed by atoms with Gasteiger partial charge in [-0.25, -0.2) is 27.0 Å². The number of sulfonamides is 2. The van der Waals surface area contributed by atoms with Crippen molar-refractivity contribution < 1.29 is 26.4 Å². The van der Waals surface area contributed by atoms with E-state index in [9.17, 15) is 21.6 Å². The minimum atomic E-state index is -3.87. The van der Waals surface area contributed by atoms with Gasteiger partial charge < -0.3 is 10.1 Å². The van der Waals surface area contributed by atoms with Crippen LogP contribution >= 0.6 is 11.3 Å². The van der Waals surface area contributed by atoms with Crippen LogP contribution in [0.3, 0.4) is 0 Å². The fourth-order valence-corrected chi connectivity index (χ4v) is 4.88. The molecule has 0 aliphatic heterocycles. The average molecular weight is 483 g/mol. The molecule has 0 atom stereocenters. The highest BCUT2D eigenvalue weighted by Gasteiger charge is 2.18. The first-order chi connectivity index (χ1) is 14.6. The van der Waals surface area contributed by atoms with Gasteiger partial charge in [-0.2, -0.15) is 0 Å². The smallest absolute Gasteiger partial charge is 0.271 e. The second-order valence-corrected chi connectivity index (χ2v) is 10.3. The van der Waals surface area contributed by atoms with Gasteiger partial charge in [0, 0.05) is 11.9 Å². The third kappa shape index (κ3) is 5.79. The van der Waals surface area contributed by atoms with Gasteiger partial charge in [-0.1, -0.05) is 12.1 Å². The molecule has 0 saturated carbocycles. The molecule has 0 spiro atoms. The number of nitrogens with one attached hydrogen (secondary N) is 2. The number of methoxy groups -OCH3 is 1. The summed E-state index contributed by atoms with van der Waals surface area (Å²) >= 11 is 0.966. The summed E-state index contributed by atoms with van der Waals surface area (Å²) < 4.78 is 54.8. The predicted molar refractivity (Wildman–Crippen MR) is 115 cm³/mol. The first-order valence-corrected chi connectivity index (χ1v) is 12.5. The molecule has 13 heteroatoms. The van der Waals surface area contributed by atoms with Crippen molar-refractivity contribution in [3.05, 3.63) is 65.2 Å². The third-order valence-electron chi connectivity index (χ3n) is 4.03. The van der Waals surface area contributed by atoms with Crippen molar-refractivity contribution in [2.24, 2.45) is 5.14 Å². The molecule has 0 radical (unpaired) electrons. The highest BCUT2D eigenvalue weighted by molar-refractivity contribution is 7.93. The summed E-state index contributed by atoms with van der Waals surface area (Å²) in [6, 6.07) is 11.5. The Bertz CT molecular complexity index is 1280. The Morgan fingerprint density at radius 1 is 1.03 bits per heavy atom. The van der Waals surface area contributed by atoms with Crippen molar-refractivity contribution in [1.29, 1.82) is 0 Å². The van der Waals surface area contributed by atoms with Gasteiger partial charge in [-0.15, -0.1) is 11.3 Å². The number of rotatable bonds is 8. The molecular formula is C18H18N4O6S3. The summed E-state index contributed by atoms with van der Waals surface area (Å²) in [5.74, 6) is 0.00751. The number of carbonyl (C=O) groups excluding carboxylic acids is 1. The van der Waals surface area contributed by atoms with Gasteiger partial charge in [0.15, 0.2) is 5.13 Å². The maximum absolute atomic E-state index is 12.5. The number of aromatic nitrogens is 1. The Balaban J connectivity index is 1.62. The van der Waals surface area contributed by atoms with Crippen molar-refractivity contribution in [3.8, 4) is 5.75 Å². The summed E-state index contributed by atoms with van der Waals surface area (Å²) in [4.78, 5) is 16.3. The van der Waals surface area contributed by atoms with Gasteiger partial charge in [0.05, 0.1) is 16.9 Å². The number of nitrogens with two attached hydrogens (primary N) is 1. The number of ether oxygens (including phenoxy) is 1. The average Bonchev–Trinajstić information content (AvgIpc) is 3.19. The number of primary sulfonamides is 1. The highest BCUT2D eigenvalue weighted by atomic mass is 32.2. The molecule has 2 aromatic carbocycles. The summed E-state index contributed by atoms with van der Waals surface area (Å²) in [7, 11) is -6.18. The van der Waals surface area contributed by atoms with Crippen molar-refractivity contribution in [2.45, 2.75) is 16.3 Å². The quantitative estimate of drug-likeness (QED) is 0.439. The van der Waals surface area contributed by atoms with E-state index in [1.807, 2.05) is 0 Å². The van der Waals surface area contributed by atoms with E-state index in [1.165, 1.54) is 61.0 Å². The summed E-state index contributed by atoms with van der Waals surface area (Å²) in [5, 5.41) is 9.13. The van der Waals surface area contributed by atoms with E-state index in [1.54, 1.807) is 0 Å². The van der Waals surface area contributed by atoms with Gasteiger partial charge in [-0.05, 0) is 42.0 Å². The molecule has 0 bridgehead atoms. The molecule has 1 heterocycles. The molecule has 1 aromatic heterocycles. The molecule has 3 rings (SSSR count). The van der Waals surface area contributed by atoms with Crippen LogP contribution in [-0.2, 0) is 26.6 Å². The van der Waals surface area contributed by atoms with Crippen LogP contribution in [0.1, 0.15) is 16.1 Å². The molecule has 0 aliphatic carbocycles. The lowest BCUT2D eigenvalue weighted by Gasteiger charge is -2.06. The zero-order valence-electron chi connectivity index (χ0n) is 16.1. The van der Waals surface area contributed by atoms with E-state index in [4.69, 9.17) is 9.88 Å². The van der Waals surface area contributed by atoms with Crippen LogP contribution in [0, 0.1) is 0 Å². The summed E-state index contributed by atoms with van der Waals surface area (Å²) in [6.07, 6.45) is 0. The van der Waals surface area contributed by atoms with Gasteiger partial charge in [0.1, 0.15) is 11.4 Å². The predicted octanol–water partition coefficient (Wildman–Crippen LogP) is 1.53. The van der Waals surface area contributed by atoms with Crippen LogP contribution in [-0.4, -0.2) is 34.8 Å². The van der Waals surface area contributed by atoms with E-state index in [0.29, 0.717) is 11.3 Å². The molecule has 3 aromatic rings. The number of amides is 1. The number of nitrogens with zero attached hydrogens (tertiary/aromatic N) is 1. The maximum Gasteiger partial charge on any atom is 0.271 e. The van der Waals surface area contributed by atoms with Crippen LogP contribution in [0.5, 0.6) is 5.75 Å². The van der Waals surface area contributed by atoms with Gasteiger partial charge >= 0.3 is 0 Å². The normalized spacial score (nSPS) is 11.7. The second kappa shape index (κ2) is 9.01. The largest absolute Gasteiger partial charge is 0.497 e. The van der Waals surface area contributed by atoms with Crippen LogP contribution in [0.15, 0.2) is 63.7 Å². The van der Waals surface area contributed by atoms with E-state index in [2.05, 4.69) is 15.0 Å². The SMILES string of the molecule is COc1ccc(S(=O)(=O)Nc2nc(C(=O)NCc3ccc(S(N)(=O)=O)cc3)cs2)cc1. The Morgan fingerprint density at radius 3 is 2.23 bits per heavy atom. The lowest BCUT2D eigenvalue weighted by atomic mass is 10.2. The first kappa shape index (κ1) is 22.7. The monoisotopic (exact) mass is 482 g/mol. The zero-order chi connectivity index (χ0) is 22.6. The Hall–Kier alpha value is -3.00. The minimum Gasteiger partial charge on any atom is -0.497 e. The topological polar surface area (TPSA) is 158 Å². The molecule has 4 N–H and O–H groups in total.